The Morgan fingerprint density at radius 2 is 1.05 bits per heavy atom. The number of fused-ring (bicyclic) bond motifs is 3. The summed E-state index contributed by atoms with van der Waals surface area (Å²) in [7, 11) is 5.49. The summed E-state index contributed by atoms with van der Waals surface area (Å²) in [4.78, 5) is 47.0. The number of halogens is 3. The quantitative estimate of drug-likeness (QED) is 0.128. The van der Waals surface area contributed by atoms with Gasteiger partial charge in [-0.25, -0.2) is 13.2 Å². The molecule has 0 bridgehead atoms. The van der Waals surface area contributed by atoms with Crippen molar-refractivity contribution in [1.82, 2.24) is 0 Å². The summed E-state index contributed by atoms with van der Waals surface area (Å²) >= 11 is 3.85. The Bertz CT molecular complexity index is 2410. The van der Waals surface area contributed by atoms with E-state index >= 15 is 0 Å². The van der Waals surface area contributed by atoms with Gasteiger partial charge in [0.2, 0.25) is 0 Å². The van der Waals surface area contributed by atoms with Crippen LogP contribution in [0.15, 0.2) is 41.8 Å². The minimum Gasteiger partial charge on any atom is -0.493 e. The second kappa shape index (κ2) is 16.1. The summed E-state index contributed by atoms with van der Waals surface area (Å²) in [5, 5.41) is 21.0. The number of aryl methyl sites for hydroxylation is 1. The van der Waals surface area contributed by atoms with E-state index in [1.54, 1.807) is 23.5 Å². The van der Waals surface area contributed by atoms with Crippen LogP contribution in [0.25, 0.3) is 30.3 Å². The molecule has 3 aromatic carbocycles. The summed E-state index contributed by atoms with van der Waals surface area (Å²) in [5.74, 6) is -5.41. The van der Waals surface area contributed by atoms with E-state index in [1.807, 2.05) is 31.4 Å². The largest absolute Gasteiger partial charge is 0.493 e. The van der Waals surface area contributed by atoms with Crippen molar-refractivity contribution in [2.75, 3.05) is 28.4 Å². The molecule has 10 nitrogen and oxygen atoms in total. The molecule has 0 amide bonds. The number of carbonyl (C=O) groups excluding carboxylic acids is 2. The van der Waals surface area contributed by atoms with Crippen LogP contribution in [0.2, 0.25) is 0 Å². The first-order chi connectivity index (χ1) is 26.6. The second-order valence-corrected chi connectivity index (χ2v) is 16.3. The third kappa shape index (κ3) is 7.64. The van der Waals surface area contributed by atoms with Gasteiger partial charge >= 0.3 is 11.9 Å². The first-order valence-electron chi connectivity index (χ1n) is 17.0. The normalized spacial score (nSPS) is 18.0. The van der Waals surface area contributed by atoms with E-state index in [4.69, 9.17) is 29.2 Å². The van der Waals surface area contributed by atoms with Crippen LogP contribution in [0.3, 0.4) is 0 Å². The molecule has 0 spiro atoms. The number of carbonyl (C=O) groups is 4. The number of benzene rings is 3. The molecule has 2 aliphatic carbocycles. The van der Waals surface area contributed by atoms with Gasteiger partial charge in [-0.3, -0.25) is 19.2 Å². The standard InChI is InChI=1S/2C15H13FO5S.C10H9FS/c2*1-20-9-5-10-8(12(16)14(9)21-2)4-11(22-10)13(17)6-3-7(6)15(18)19;1-6-5-9-8(3-4-12-9)10(11)7(6)2/h2*4-7H,3H2,1-2H3,(H,18,19);3-5H,1-2H3/t2*6-,7+;/m10./s1. The number of hydrogen-bond donors (Lipinski definition) is 2. The molecule has 0 aliphatic heterocycles. The van der Waals surface area contributed by atoms with Crippen molar-refractivity contribution in [3.8, 4) is 23.0 Å². The number of rotatable bonds is 10. The molecule has 2 aliphatic rings. The van der Waals surface area contributed by atoms with E-state index in [0.29, 0.717) is 32.0 Å². The van der Waals surface area contributed by atoms with E-state index in [2.05, 4.69) is 0 Å². The molecule has 294 valence electrons. The zero-order valence-electron chi connectivity index (χ0n) is 30.8. The summed E-state index contributed by atoms with van der Waals surface area (Å²) < 4.78 is 64.6. The van der Waals surface area contributed by atoms with Crippen molar-refractivity contribution in [2.24, 2.45) is 23.7 Å². The van der Waals surface area contributed by atoms with Crippen LogP contribution in [0.1, 0.15) is 43.3 Å². The van der Waals surface area contributed by atoms with E-state index in [1.165, 1.54) is 40.6 Å². The van der Waals surface area contributed by atoms with Gasteiger partial charge < -0.3 is 29.2 Å². The molecule has 0 unspecified atom stereocenters. The van der Waals surface area contributed by atoms with Crippen LogP contribution in [0.4, 0.5) is 13.2 Å². The highest BCUT2D eigenvalue weighted by atomic mass is 32.1. The average Bonchev–Trinajstić information content (AvgIpc) is 4.01. The zero-order valence-corrected chi connectivity index (χ0v) is 33.2. The van der Waals surface area contributed by atoms with Crippen LogP contribution in [0.5, 0.6) is 23.0 Å². The molecule has 3 aromatic heterocycles. The Morgan fingerprint density at radius 3 is 1.43 bits per heavy atom. The predicted molar refractivity (Wildman–Crippen MR) is 208 cm³/mol. The van der Waals surface area contributed by atoms with Crippen molar-refractivity contribution in [2.45, 2.75) is 26.7 Å². The minimum absolute atomic E-state index is 0.0124. The molecule has 3 heterocycles. The van der Waals surface area contributed by atoms with Crippen molar-refractivity contribution >= 4 is 87.8 Å². The lowest BCUT2D eigenvalue weighted by Crippen LogP contribution is -2.06. The Kier molecular flexibility index (Phi) is 11.6. The number of hydrogen-bond acceptors (Lipinski definition) is 11. The summed E-state index contributed by atoms with van der Waals surface area (Å²) in [6, 6.07) is 10.0. The number of carboxylic acid groups (broad SMARTS) is 2. The lowest BCUT2D eigenvalue weighted by atomic mass is 10.1. The van der Waals surface area contributed by atoms with Gasteiger partial charge in [0, 0.05) is 54.2 Å². The summed E-state index contributed by atoms with van der Waals surface area (Å²) in [5.41, 5.74) is 1.79. The molecule has 2 saturated carbocycles. The molecule has 6 aromatic rings. The van der Waals surface area contributed by atoms with Gasteiger partial charge in [0.05, 0.1) is 50.0 Å². The highest BCUT2D eigenvalue weighted by Crippen LogP contribution is 2.46. The zero-order chi connectivity index (χ0) is 40.7. The van der Waals surface area contributed by atoms with Crippen molar-refractivity contribution in [1.29, 1.82) is 0 Å². The average molecular weight is 829 g/mol. The van der Waals surface area contributed by atoms with E-state index in [-0.39, 0.29) is 51.2 Å². The SMILES string of the molecule is COc1cc2sc(C(=O)[C@@H]3C[C@@H]3C(=O)O)cc2c(F)c1OC.COc1cc2sc(C(=O)[C@H]3C[C@H]3C(=O)O)cc2c(F)c1OC.Cc1cc2sccc2c(F)c1C. The van der Waals surface area contributed by atoms with Gasteiger partial charge in [0.1, 0.15) is 5.82 Å². The highest BCUT2D eigenvalue weighted by molar-refractivity contribution is 7.21. The van der Waals surface area contributed by atoms with Crippen molar-refractivity contribution in [3.63, 3.8) is 0 Å². The van der Waals surface area contributed by atoms with Crippen molar-refractivity contribution < 1.29 is 61.5 Å². The molecular formula is C40H35F3O10S3. The first kappa shape index (κ1) is 40.5. The van der Waals surface area contributed by atoms with Crippen LogP contribution >= 0.6 is 34.0 Å². The number of methoxy groups -OCH3 is 4. The number of carboxylic acids is 2. The number of ether oxygens (including phenoxy) is 4. The monoisotopic (exact) mass is 828 g/mol. The van der Waals surface area contributed by atoms with Gasteiger partial charge in [0.25, 0.3) is 0 Å². The summed E-state index contributed by atoms with van der Waals surface area (Å²) in [6.45, 7) is 3.76. The van der Waals surface area contributed by atoms with E-state index in [0.717, 1.165) is 43.9 Å². The maximum atomic E-state index is 14.4. The van der Waals surface area contributed by atoms with Crippen molar-refractivity contribution in [3.05, 3.63) is 80.1 Å². The predicted octanol–water partition coefficient (Wildman–Crippen LogP) is 9.58. The maximum absolute atomic E-state index is 14.4. The van der Waals surface area contributed by atoms with Crippen LogP contribution in [-0.2, 0) is 9.59 Å². The Balaban J connectivity index is 0.000000149. The molecule has 8 rings (SSSR count). The van der Waals surface area contributed by atoms with Gasteiger partial charge in [-0.1, -0.05) is 0 Å². The number of ketones is 2. The minimum atomic E-state index is -0.964. The molecule has 0 saturated heterocycles. The number of Topliss-reactive ketones (excluding diaryl/α,β-unsaturated/α-hetero) is 2. The molecule has 2 N–H and O–H groups in total. The first-order valence-corrected chi connectivity index (χ1v) is 19.5. The molecule has 0 radical (unpaired) electrons. The van der Waals surface area contributed by atoms with Crippen LogP contribution in [-0.4, -0.2) is 62.2 Å². The Morgan fingerprint density at radius 1 is 0.607 bits per heavy atom. The van der Waals surface area contributed by atoms with Gasteiger partial charge in [-0.05, 0) is 67.5 Å². The molecule has 56 heavy (non-hydrogen) atoms. The summed E-state index contributed by atoms with van der Waals surface area (Å²) in [6.07, 6.45) is 0.690. The number of thiophene rings is 3. The molecule has 16 heteroatoms. The second-order valence-electron chi connectivity index (χ2n) is 13.2. The van der Waals surface area contributed by atoms with Gasteiger partial charge in [0.15, 0.2) is 46.2 Å². The van der Waals surface area contributed by atoms with Crippen LogP contribution in [0, 0.1) is 55.0 Å². The third-order valence-corrected chi connectivity index (χ3v) is 12.8. The topological polar surface area (TPSA) is 146 Å². The fourth-order valence-electron chi connectivity index (χ4n) is 6.30. The number of aliphatic carboxylic acids is 2. The molecular weight excluding hydrogens is 794 g/mol. The highest BCUT2D eigenvalue weighted by Gasteiger charge is 2.49. The lowest BCUT2D eigenvalue weighted by Gasteiger charge is -2.08. The fourth-order valence-corrected chi connectivity index (χ4v) is 9.36. The van der Waals surface area contributed by atoms with Gasteiger partial charge in [-0.2, -0.15) is 0 Å². The van der Waals surface area contributed by atoms with E-state index in [9.17, 15) is 32.3 Å². The van der Waals surface area contributed by atoms with E-state index < -0.39 is 47.2 Å². The molecule has 4 atom stereocenters. The Hall–Kier alpha value is -5.19. The molecule has 2 fully saturated rings. The smallest absolute Gasteiger partial charge is 0.307 e. The fraction of sp³-hybridized carbons (Fsp3) is 0.300. The lowest BCUT2D eigenvalue weighted by molar-refractivity contribution is -0.139. The Labute approximate surface area is 330 Å². The van der Waals surface area contributed by atoms with Crippen LogP contribution < -0.4 is 18.9 Å². The third-order valence-electron chi connectivity index (χ3n) is 9.79. The van der Waals surface area contributed by atoms with Gasteiger partial charge in [-0.15, -0.1) is 34.0 Å². The maximum Gasteiger partial charge on any atom is 0.307 e.